The number of rotatable bonds is 16. The maximum Gasteiger partial charge on any atom is 0.265 e. The van der Waals surface area contributed by atoms with Gasteiger partial charge in [0, 0.05) is 32.9 Å². The molecule has 0 aromatic carbocycles. The van der Waals surface area contributed by atoms with Gasteiger partial charge in [0.15, 0.2) is 0 Å². The third kappa shape index (κ3) is 17.8. The summed E-state index contributed by atoms with van der Waals surface area (Å²) in [5.41, 5.74) is 0. The molecular weight excluding hydrogens is 422 g/mol. The predicted molar refractivity (Wildman–Crippen MR) is 113 cm³/mol. The topological polar surface area (TPSA) is 132 Å². The maximum absolute atomic E-state index is 11.9. The van der Waals surface area contributed by atoms with Crippen LogP contribution in [0.25, 0.3) is 0 Å². The van der Waals surface area contributed by atoms with Crippen molar-refractivity contribution in [3.05, 3.63) is 0 Å². The highest BCUT2D eigenvalue weighted by molar-refractivity contribution is 7.86. The van der Waals surface area contributed by atoms with Crippen LogP contribution in [-0.4, -0.2) is 118 Å². The predicted octanol–water partition coefficient (Wildman–Crippen LogP) is 0.179. The van der Waals surface area contributed by atoms with Crippen LogP contribution in [0.2, 0.25) is 0 Å². The highest BCUT2D eigenvalue weighted by atomic mass is 32.2. The number of hydrogen-bond acceptors (Lipinski definition) is 6. The molecule has 1 amide bonds. The molecule has 0 saturated heterocycles. The minimum absolute atomic E-state index is 0.00398. The highest BCUT2D eigenvalue weighted by Gasteiger charge is 2.18. The summed E-state index contributed by atoms with van der Waals surface area (Å²) < 4.78 is 61.2. The summed E-state index contributed by atoms with van der Waals surface area (Å²) in [5, 5.41) is 0. The molecule has 0 heterocycles. The third-order valence-electron chi connectivity index (χ3n) is 4.71. The molecule has 0 atom stereocenters. The summed E-state index contributed by atoms with van der Waals surface area (Å²) in [5.74, 6) is -0.503. The lowest BCUT2D eigenvalue weighted by molar-refractivity contribution is -0.890. The van der Waals surface area contributed by atoms with Gasteiger partial charge < -0.3 is 14.3 Å². The summed E-state index contributed by atoms with van der Waals surface area (Å²) in [6.07, 6.45) is 2.28. The van der Waals surface area contributed by atoms with E-state index in [0.717, 1.165) is 19.4 Å². The molecule has 10 nitrogen and oxygen atoms in total. The zero-order valence-corrected chi connectivity index (χ0v) is 19.7. The Morgan fingerprint density at radius 2 is 1.24 bits per heavy atom. The van der Waals surface area contributed by atoms with Gasteiger partial charge in [0.05, 0.1) is 38.7 Å². The number of carbonyl (C=O) groups excluding carboxylic acids is 1. The first-order chi connectivity index (χ1) is 13.1. The summed E-state index contributed by atoms with van der Waals surface area (Å²) in [4.78, 5) is 15.6. The van der Waals surface area contributed by atoms with Crippen LogP contribution in [0, 0.1) is 0 Å². The number of quaternary nitrogens is 1. The van der Waals surface area contributed by atoms with Crippen molar-refractivity contribution >= 4 is 26.1 Å². The van der Waals surface area contributed by atoms with Crippen molar-refractivity contribution in [1.82, 2.24) is 9.80 Å². The molecule has 0 radical (unpaired) electrons. The van der Waals surface area contributed by atoms with Gasteiger partial charge in [0.2, 0.25) is 5.91 Å². The van der Waals surface area contributed by atoms with E-state index in [0.29, 0.717) is 50.0 Å². The van der Waals surface area contributed by atoms with Gasteiger partial charge in [-0.3, -0.25) is 13.9 Å². The van der Waals surface area contributed by atoms with E-state index in [9.17, 15) is 21.6 Å². The molecule has 0 aromatic rings. The van der Waals surface area contributed by atoms with Crippen LogP contribution in [-0.2, 0) is 25.0 Å². The lowest BCUT2D eigenvalue weighted by Crippen LogP contribution is -2.43. The Labute approximate surface area is 175 Å². The maximum atomic E-state index is 11.9. The van der Waals surface area contributed by atoms with Crippen LogP contribution in [0.5, 0.6) is 0 Å². The molecule has 0 aromatic heterocycles. The fourth-order valence-corrected chi connectivity index (χ4v) is 4.05. The Balaban J connectivity index is 4.18. The van der Waals surface area contributed by atoms with Crippen LogP contribution in [0.1, 0.15) is 32.6 Å². The number of amides is 1. The standard InChI is InChI=1S/C17H37N3O7S2/c1-17(21)19(11-5-9-18(2)10-7-15-28(22,23)24)12-6-13-20(3,4)14-8-16-29(25,26)27/h5-16H2,1-4H3,(H-,22,23,24,25,26,27)/p+1. The van der Waals surface area contributed by atoms with Crippen LogP contribution < -0.4 is 0 Å². The highest BCUT2D eigenvalue weighted by Crippen LogP contribution is 2.05. The average molecular weight is 461 g/mol. The van der Waals surface area contributed by atoms with Crippen LogP contribution in [0.15, 0.2) is 0 Å². The van der Waals surface area contributed by atoms with Crippen molar-refractivity contribution in [2.75, 3.05) is 71.9 Å². The average Bonchev–Trinajstić information content (AvgIpc) is 2.50. The second-order valence-electron chi connectivity index (χ2n) is 8.18. The first-order valence-corrected chi connectivity index (χ1v) is 13.0. The van der Waals surface area contributed by atoms with Gasteiger partial charge in [0.25, 0.3) is 20.2 Å². The molecule has 2 N–H and O–H groups in total. The van der Waals surface area contributed by atoms with Gasteiger partial charge in [-0.05, 0) is 33.0 Å². The van der Waals surface area contributed by atoms with Crippen molar-refractivity contribution in [2.45, 2.75) is 32.6 Å². The molecule has 0 bridgehead atoms. The van der Waals surface area contributed by atoms with E-state index in [1.807, 2.05) is 26.0 Å². The van der Waals surface area contributed by atoms with Crippen molar-refractivity contribution in [2.24, 2.45) is 0 Å². The first kappa shape index (κ1) is 28.2. The summed E-state index contributed by atoms with van der Waals surface area (Å²) in [6, 6.07) is 0. The quantitative estimate of drug-likeness (QED) is 0.246. The summed E-state index contributed by atoms with van der Waals surface area (Å²) in [7, 11) is -2.01. The Kier molecular flexibility index (Phi) is 12.5. The Morgan fingerprint density at radius 1 is 0.793 bits per heavy atom. The molecule has 0 aliphatic heterocycles. The normalized spacial score (nSPS) is 13.1. The van der Waals surface area contributed by atoms with E-state index in [4.69, 9.17) is 9.11 Å². The molecule has 12 heteroatoms. The van der Waals surface area contributed by atoms with Gasteiger partial charge >= 0.3 is 0 Å². The first-order valence-electron chi connectivity index (χ1n) is 9.78. The Bertz CT molecular complexity index is 694. The number of carbonyl (C=O) groups is 1. The molecule has 0 saturated carbocycles. The lowest BCUT2D eigenvalue weighted by Gasteiger charge is -2.31. The molecule has 0 fully saturated rings. The smallest absolute Gasteiger partial charge is 0.265 e. The van der Waals surface area contributed by atoms with E-state index in [-0.39, 0.29) is 17.4 Å². The SMILES string of the molecule is CC(=O)N(CCCN(C)CCCS(=O)(=O)O)CCC[N+](C)(C)CCCS(=O)(=O)O. The largest absolute Gasteiger partial charge is 0.343 e. The van der Waals surface area contributed by atoms with E-state index >= 15 is 0 Å². The molecule has 0 spiro atoms. The van der Waals surface area contributed by atoms with E-state index < -0.39 is 20.2 Å². The monoisotopic (exact) mass is 460 g/mol. The minimum Gasteiger partial charge on any atom is -0.343 e. The van der Waals surface area contributed by atoms with Crippen LogP contribution in [0.4, 0.5) is 0 Å². The number of nitrogens with zero attached hydrogens (tertiary/aromatic N) is 3. The summed E-state index contributed by atoms with van der Waals surface area (Å²) >= 11 is 0. The fraction of sp³-hybridized carbons (Fsp3) is 0.941. The van der Waals surface area contributed by atoms with Gasteiger partial charge in [-0.15, -0.1) is 0 Å². The zero-order chi connectivity index (χ0) is 22.7. The summed E-state index contributed by atoms with van der Waals surface area (Å²) in [6.45, 7) is 5.42. The van der Waals surface area contributed by atoms with Gasteiger partial charge in [-0.25, -0.2) is 0 Å². The molecule has 0 aliphatic rings. The molecule has 0 unspecified atom stereocenters. The van der Waals surface area contributed by atoms with Gasteiger partial charge in [-0.1, -0.05) is 0 Å². The molecule has 0 rings (SSSR count). The Hall–Kier alpha value is -0.790. The van der Waals surface area contributed by atoms with Crippen LogP contribution in [0.3, 0.4) is 0 Å². The molecule has 174 valence electrons. The van der Waals surface area contributed by atoms with E-state index in [1.54, 1.807) is 4.90 Å². The van der Waals surface area contributed by atoms with Gasteiger partial charge in [-0.2, -0.15) is 16.8 Å². The third-order valence-corrected chi connectivity index (χ3v) is 6.32. The Morgan fingerprint density at radius 3 is 1.76 bits per heavy atom. The van der Waals surface area contributed by atoms with E-state index in [1.165, 1.54) is 6.92 Å². The van der Waals surface area contributed by atoms with Crippen molar-refractivity contribution in [1.29, 1.82) is 0 Å². The molecule has 29 heavy (non-hydrogen) atoms. The van der Waals surface area contributed by atoms with Crippen molar-refractivity contribution < 1.29 is 35.2 Å². The zero-order valence-electron chi connectivity index (χ0n) is 18.1. The molecule has 0 aliphatic carbocycles. The fourth-order valence-electron chi connectivity index (χ4n) is 3.06. The minimum atomic E-state index is -3.93. The van der Waals surface area contributed by atoms with Crippen LogP contribution >= 0.6 is 0 Å². The van der Waals surface area contributed by atoms with E-state index in [2.05, 4.69) is 0 Å². The van der Waals surface area contributed by atoms with Gasteiger partial charge in [0.1, 0.15) is 0 Å². The second-order valence-corrected chi connectivity index (χ2v) is 11.3. The lowest BCUT2D eigenvalue weighted by atomic mass is 10.2. The second kappa shape index (κ2) is 12.8. The number of hydrogen-bond donors (Lipinski definition) is 2. The molecular formula is C17H38N3O7S2+. The van der Waals surface area contributed by atoms with Crippen molar-refractivity contribution in [3.63, 3.8) is 0 Å². The van der Waals surface area contributed by atoms with Crippen molar-refractivity contribution in [3.8, 4) is 0 Å².